The van der Waals surface area contributed by atoms with Gasteiger partial charge in [-0.25, -0.2) is 0 Å². The summed E-state index contributed by atoms with van der Waals surface area (Å²) in [6.07, 6.45) is 2.83. The zero-order chi connectivity index (χ0) is 18.2. The van der Waals surface area contributed by atoms with Crippen LogP contribution in [0.5, 0.6) is 5.75 Å². The van der Waals surface area contributed by atoms with Crippen LogP contribution >= 0.6 is 23.2 Å². The minimum absolute atomic E-state index is 0.396. The molecule has 0 heterocycles. The smallest absolute Gasteiger partial charge is 0.269 e. The van der Waals surface area contributed by atoms with Gasteiger partial charge < -0.3 is 4.74 Å². The summed E-state index contributed by atoms with van der Waals surface area (Å²) in [4.78, 5) is 23.7. The minimum atomic E-state index is -0.481. The molecule has 5 nitrogen and oxygen atoms in total. The topological polar surface area (TPSA) is 67.4 Å². The summed E-state index contributed by atoms with van der Waals surface area (Å²) in [5, 5.41) is 0.832. The number of ether oxygens (including phenoxy) is 1. The van der Waals surface area contributed by atoms with Crippen molar-refractivity contribution in [2.75, 3.05) is 6.61 Å². The Kier molecular flexibility index (Phi) is 6.86. The quantitative estimate of drug-likeness (QED) is 0.612. The maximum Gasteiger partial charge on any atom is 0.269 e. The van der Waals surface area contributed by atoms with Crippen LogP contribution in [-0.2, 0) is 4.79 Å². The van der Waals surface area contributed by atoms with Crippen molar-refractivity contribution in [2.45, 2.75) is 6.92 Å². The van der Waals surface area contributed by atoms with Gasteiger partial charge in [0.1, 0.15) is 5.75 Å². The summed E-state index contributed by atoms with van der Waals surface area (Å²) < 4.78 is 5.30. The number of hydrazine groups is 1. The van der Waals surface area contributed by atoms with Crippen LogP contribution in [0, 0.1) is 0 Å². The molecule has 2 aromatic rings. The molecule has 0 bridgehead atoms. The summed E-state index contributed by atoms with van der Waals surface area (Å²) in [6.45, 7) is 2.43. The third-order valence-electron chi connectivity index (χ3n) is 3.10. The highest BCUT2D eigenvalue weighted by Gasteiger charge is 2.06. The second-order valence-electron chi connectivity index (χ2n) is 4.91. The van der Waals surface area contributed by atoms with Gasteiger partial charge in [0.05, 0.1) is 16.7 Å². The maximum absolute atomic E-state index is 12.0. The number of benzene rings is 2. The summed E-state index contributed by atoms with van der Waals surface area (Å²) in [5.74, 6) is -0.239. The number of hydrogen-bond acceptors (Lipinski definition) is 3. The van der Waals surface area contributed by atoms with Crippen molar-refractivity contribution in [3.8, 4) is 5.75 Å². The summed E-state index contributed by atoms with van der Waals surface area (Å²) in [7, 11) is 0. The molecule has 2 amide bonds. The Morgan fingerprint density at radius 1 is 1.04 bits per heavy atom. The average molecular weight is 379 g/mol. The van der Waals surface area contributed by atoms with Crippen molar-refractivity contribution in [2.24, 2.45) is 0 Å². The Morgan fingerprint density at radius 2 is 1.76 bits per heavy atom. The second kappa shape index (κ2) is 9.11. The molecule has 0 aromatic heterocycles. The first-order valence-corrected chi connectivity index (χ1v) is 8.21. The monoisotopic (exact) mass is 378 g/mol. The van der Waals surface area contributed by atoms with Crippen LogP contribution in [0.2, 0.25) is 10.0 Å². The van der Waals surface area contributed by atoms with E-state index in [0.29, 0.717) is 33.5 Å². The van der Waals surface area contributed by atoms with Crippen LogP contribution in [0.1, 0.15) is 22.8 Å². The van der Waals surface area contributed by atoms with E-state index in [1.54, 1.807) is 48.5 Å². The fourth-order valence-corrected chi connectivity index (χ4v) is 2.20. The van der Waals surface area contributed by atoms with Crippen molar-refractivity contribution in [3.63, 3.8) is 0 Å². The second-order valence-corrected chi connectivity index (χ2v) is 5.72. The molecule has 2 N–H and O–H groups in total. The Bertz CT molecular complexity index is 789. The predicted octanol–water partition coefficient (Wildman–Crippen LogP) is 3.87. The number of halogens is 2. The minimum Gasteiger partial charge on any atom is -0.494 e. The van der Waals surface area contributed by atoms with E-state index in [4.69, 9.17) is 27.9 Å². The summed E-state index contributed by atoms with van der Waals surface area (Å²) in [5.41, 5.74) is 5.74. The number of hydrogen-bond donors (Lipinski definition) is 2. The summed E-state index contributed by atoms with van der Waals surface area (Å²) in [6, 6.07) is 11.6. The molecule has 2 aromatic carbocycles. The first-order chi connectivity index (χ1) is 12.0. The molecule has 0 spiro atoms. The van der Waals surface area contributed by atoms with Gasteiger partial charge >= 0.3 is 0 Å². The van der Waals surface area contributed by atoms with Crippen LogP contribution in [0.15, 0.2) is 48.5 Å². The molecule has 0 aliphatic heterocycles. The molecule has 0 atom stereocenters. The van der Waals surface area contributed by atoms with E-state index in [1.165, 1.54) is 6.08 Å². The zero-order valence-electron chi connectivity index (χ0n) is 13.4. The highest BCUT2D eigenvalue weighted by molar-refractivity contribution is 6.42. The number of amides is 2. The van der Waals surface area contributed by atoms with Crippen molar-refractivity contribution < 1.29 is 14.3 Å². The predicted molar refractivity (Wildman–Crippen MR) is 98.7 cm³/mol. The van der Waals surface area contributed by atoms with Crippen LogP contribution in [0.25, 0.3) is 6.08 Å². The Balaban J connectivity index is 1.87. The van der Waals surface area contributed by atoms with E-state index in [0.717, 1.165) is 0 Å². The van der Waals surface area contributed by atoms with Gasteiger partial charge in [-0.15, -0.1) is 0 Å². The Labute approximate surface area is 155 Å². The molecular weight excluding hydrogens is 363 g/mol. The van der Waals surface area contributed by atoms with E-state index in [9.17, 15) is 9.59 Å². The molecule has 0 saturated heterocycles. The lowest BCUT2D eigenvalue weighted by molar-refractivity contribution is -0.117. The Morgan fingerprint density at radius 3 is 2.40 bits per heavy atom. The largest absolute Gasteiger partial charge is 0.494 e. The fraction of sp³-hybridized carbons (Fsp3) is 0.111. The van der Waals surface area contributed by atoms with E-state index in [-0.39, 0.29) is 0 Å². The molecule has 0 aliphatic carbocycles. The summed E-state index contributed by atoms with van der Waals surface area (Å²) >= 11 is 11.7. The van der Waals surface area contributed by atoms with Gasteiger partial charge in [0.15, 0.2) is 0 Å². The molecule has 0 unspecified atom stereocenters. The molecule has 25 heavy (non-hydrogen) atoms. The zero-order valence-corrected chi connectivity index (χ0v) is 14.9. The van der Waals surface area contributed by atoms with E-state index >= 15 is 0 Å². The highest BCUT2D eigenvalue weighted by Crippen LogP contribution is 2.23. The highest BCUT2D eigenvalue weighted by atomic mass is 35.5. The molecular formula is C18H16Cl2N2O3. The molecule has 0 saturated carbocycles. The Hall–Kier alpha value is -2.50. The van der Waals surface area contributed by atoms with Gasteiger partial charge in [-0.05, 0) is 55.0 Å². The van der Waals surface area contributed by atoms with Crippen LogP contribution in [0.3, 0.4) is 0 Å². The van der Waals surface area contributed by atoms with Crippen molar-refractivity contribution in [3.05, 3.63) is 69.7 Å². The molecule has 0 aliphatic rings. The van der Waals surface area contributed by atoms with Crippen LogP contribution < -0.4 is 15.6 Å². The average Bonchev–Trinajstić information content (AvgIpc) is 2.61. The number of carbonyl (C=O) groups excluding carboxylic acids is 2. The van der Waals surface area contributed by atoms with Crippen molar-refractivity contribution in [1.29, 1.82) is 0 Å². The van der Waals surface area contributed by atoms with E-state index in [2.05, 4.69) is 10.9 Å². The third kappa shape index (κ3) is 5.81. The van der Waals surface area contributed by atoms with Crippen molar-refractivity contribution in [1.82, 2.24) is 10.9 Å². The van der Waals surface area contributed by atoms with Gasteiger partial charge in [0, 0.05) is 11.6 Å². The van der Waals surface area contributed by atoms with Gasteiger partial charge in [-0.2, -0.15) is 0 Å². The number of carbonyl (C=O) groups is 2. The molecule has 130 valence electrons. The molecule has 0 fully saturated rings. The van der Waals surface area contributed by atoms with Gasteiger partial charge in [0.25, 0.3) is 11.8 Å². The maximum atomic E-state index is 12.0. The molecule has 0 radical (unpaired) electrons. The van der Waals surface area contributed by atoms with E-state index < -0.39 is 11.8 Å². The lowest BCUT2D eigenvalue weighted by Crippen LogP contribution is -2.40. The first kappa shape index (κ1) is 18.8. The number of nitrogens with one attached hydrogen (secondary N) is 2. The first-order valence-electron chi connectivity index (χ1n) is 7.46. The molecule has 7 heteroatoms. The van der Waals surface area contributed by atoms with Gasteiger partial charge in [-0.3, -0.25) is 20.4 Å². The number of rotatable bonds is 5. The van der Waals surface area contributed by atoms with Gasteiger partial charge in [0.2, 0.25) is 0 Å². The third-order valence-corrected chi connectivity index (χ3v) is 3.84. The lowest BCUT2D eigenvalue weighted by Gasteiger charge is -2.07. The fourth-order valence-electron chi connectivity index (χ4n) is 1.89. The van der Waals surface area contributed by atoms with Crippen molar-refractivity contribution >= 4 is 41.1 Å². The molecule has 2 rings (SSSR count). The van der Waals surface area contributed by atoms with Crippen LogP contribution in [0.4, 0.5) is 0 Å². The van der Waals surface area contributed by atoms with Gasteiger partial charge in [-0.1, -0.05) is 29.3 Å². The van der Waals surface area contributed by atoms with Crippen LogP contribution in [-0.4, -0.2) is 18.4 Å². The SMILES string of the molecule is CCOc1ccc(C(=O)NNC(=O)/C=C/c2ccc(Cl)c(Cl)c2)cc1. The lowest BCUT2D eigenvalue weighted by atomic mass is 10.2. The standard InChI is InChI=1S/C18H16Cl2N2O3/c1-2-25-14-7-5-13(6-8-14)18(24)22-21-17(23)10-4-12-3-9-15(19)16(20)11-12/h3-11H,2H2,1H3,(H,21,23)(H,22,24)/b10-4+. The normalized spacial score (nSPS) is 10.5. The van der Waals surface area contributed by atoms with E-state index in [1.807, 2.05) is 6.92 Å².